The monoisotopic (exact) mass is 423 g/mol. The zero-order valence-electron chi connectivity index (χ0n) is 17.1. The van der Waals surface area contributed by atoms with Crippen LogP contribution in [0.2, 0.25) is 0 Å². The standard InChI is InChI=1S/C23H25N3O3S/c1-25(2)15-17-11-13-18(14-12-17)16-29-30(28)26-20-9-6-10-21(27)22(20)23(24-26)19-7-4-3-5-8-19/h3-9,11-14,20,22H,10,15-16H2,1-2H3. The summed E-state index contributed by atoms with van der Waals surface area (Å²) in [5.74, 6) is -0.337. The molecule has 0 N–H and O–H groups in total. The normalized spacial score (nSPS) is 21.6. The molecule has 156 valence electrons. The topological polar surface area (TPSA) is 62.2 Å². The molecule has 0 radical (unpaired) electrons. The maximum absolute atomic E-state index is 12.9. The van der Waals surface area contributed by atoms with Gasteiger partial charge in [-0.1, -0.05) is 66.7 Å². The predicted molar refractivity (Wildman–Crippen MR) is 118 cm³/mol. The number of benzene rings is 2. The molecule has 6 nitrogen and oxygen atoms in total. The number of hydrogen-bond acceptors (Lipinski definition) is 5. The van der Waals surface area contributed by atoms with E-state index in [4.69, 9.17) is 4.18 Å². The smallest absolute Gasteiger partial charge is 0.281 e. The Morgan fingerprint density at radius 2 is 1.80 bits per heavy atom. The van der Waals surface area contributed by atoms with E-state index in [2.05, 4.69) is 10.0 Å². The molecule has 4 rings (SSSR count). The summed E-state index contributed by atoms with van der Waals surface area (Å²) in [4.78, 5) is 14.7. The number of carbonyl (C=O) groups is 1. The molecule has 1 heterocycles. The number of hydrogen-bond donors (Lipinski definition) is 0. The van der Waals surface area contributed by atoms with Crippen molar-refractivity contribution in [1.82, 2.24) is 9.31 Å². The first kappa shape index (κ1) is 20.7. The fraction of sp³-hybridized carbons (Fsp3) is 0.304. The third-order valence-electron chi connectivity index (χ3n) is 5.17. The van der Waals surface area contributed by atoms with Crippen molar-refractivity contribution in [2.75, 3.05) is 14.1 Å². The van der Waals surface area contributed by atoms with Crippen molar-refractivity contribution in [2.24, 2.45) is 11.0 Å². The van der Waals surface area contributed by atoms with Gasteiger partial charge in [0.2, 0.25) is 0 Å². The minimum absolute atomic E-state index is 0.0843. The lowest BCUT2D eigenvalue weighted by Crippen LogP contribution is -2.39. The van der Waals surface area contributed by atoms with E-state index in [9.17, 15) is 9.00 Å². The van der Waals surface area contributed by atoms with Crippen LogP contribution in [0.3, 0.4) is 0 Å². The van der Waals surface area contributed by atoms with Crippen molar-refractivity contribution in [1.29, 1.82) is 0 Å². The van der Waals surface area contributed by atoms with Gasteiger partial charge in [0.15, 0.2) is 0 Å². The van der Waals surface area contributed by atoms with Crippen molar-refractivity contribution in [3.8, 4) is 0 Å². The Morgan fingerprint density at radius 3 is 2.50 bits per heavy atom. The summed E-state index contributed by atoms with van der Waals surface area (Å²) in [7, 11) is 4.05. The molecule has 2 aromatic carbocycles. The van der Waals surface area contributed by atoms with E-state index in [1.54, 1.807) is 0 Å². The predicted octanol–water partition coefficient (Wildman–Crippen LogP) is 3.08. The molecular formula is C23H25N3O3S. The minimum Gasteiger partial charge on any atom is -0.305 e. The highest BCUT2D eigenvalue weighted by Gasteiger charge is 2.44. The van der Waals surface area contributed by atoms with Gasteiger partial charge in [-0.05, 0) is 30.8 Å². The summed E-state index contributed by atoms with van der Waals surface area (Å²) in [6.07, 6.45) is 4.09. The average molecular weight is 424 g/mol. The summed E-state index contributed by atoms with van der Waals surface area (Å²) in [6, 6.07) is 17.2. The highest BCUT2D eigenvalue weighted by Crippen LogP contribution is 2.33. The van der Waals surface area contributed by atoms with Crippen LogP contribution in [0.4, 0.5) is 0 Å². The Kier molecular flexibility index (Phi) is 6.22. The first-order valence-electron chi connectivity index (χ1n) is 9.93. The van der Waals surface area contributed by atoms with Crippen LogP contribution in [-0.4, -0.2) is 45.2 Å². The lowest BCUT2D eigenvalue weighted by Gasteiger charge is -2.25. The van der Waals surface area contributed by atoms with Crippen LogP contribution in [0, 0.1) is 5.92 Å². The first-order chi connectivity index (χ1) is 14.5. The Balaban J connectivity index is 1.49. The number of ketones is 1. The Morgan fingerprint density at radius 1 is 1.10 bits per heavy atom. The van der Waals surface area contributed by atoms with Gasteiger partial charge in [-0.3, -0.25) is 8.98 Å². The fourth-order valence-electron chi connectivity index (χ4n) is 3.76. The van der Waals surface area contributed by atoms with Gasteiger partial charge in [-0.25, -0.2) is 4.21 Å². The minimum atomic E-state index is -1.80. The third-order valence-corrected chi connectivity index (χ3v) is 6.12. The SMILES string of the molecule is CN(C)Cc1ccc(COS(=O)N2N=C(c3ccccc3)C3C(=O)CC=CC32)cc1. The van der Waals surface area contributed by atoms with Gasteiger partial charge < -0.3 is 4.90 Å². The maximum atomic E-state index is 12.9. The molecule has 3 unspecified atom stereocenters. The fourth-order valence-corrected chi connectivity index (χ4v) is 4.65. The van der Waals surface area contributed by atoms with E-state index in [0.717, 1.165) is 17.7 Å². The summed E-state index contributed by atoms with van der Waals surface area (Å²) < 4.78 is 20.0. The Hall–Kier alpha value is -2.61. The van der Waals surface area contributed by atoms with Crippen LogP contribution < -0.4 is 0 Å². The maximum Gasteiger partial charge on any atom is 0.281 e. The number of allylic oxidation sites excluding steroid dienone is 1. The van der Waals surface area contributed by atoms with Crippen LogP contribution in [0.5, 0.6) is 0 Å². The van der Waals surface area contributed by atoms with Gasteiger partial charge in [0.05, 0.1) is 24.3 Å². The van der Waals surface area contributed by atoms with E-state index in [1.807, 2.05) is 80.8 Å². The summed E-state index contributed by atoms with van der Waals surface area (Å²) in [5, 5.41) is 4.56. The van der Waals surface area contributed by atoms with E-state index in [0.29, 0.717) is 12.1 Å². The molecule has 3 atom stereocenters. The quantitative estimate of drug-likeness (QED) is 0.642. The highest BCUT2D eigenvalue weighted by atomic mass is 32.2. The second-order valence-electron chi connectivity index (χ2n) is 7.75. The van der Waals surface area contributed by atoms with Crippen LogP contribution in [0.25, 0.3) is 0 Å². The first-order valence-corrected chi connectivity index (χ1v) is 11.0. The van der Waals surface area contributed by atoms with Crippen LogP contribution >= 0.6 is 0 Å². The van der Waals surface area contributed by atoms with E-state index < -0.39 is 17.2 Å². The summed E-state index contributed by atoms with van der Waals surface area (Å²) in [6.45, 7) is 1.07. The molecule has 1 aliphatic carbocycles. The highest BCUT2D eigenvalue weighted by molar-refractivity contribution is 7.77. The lowest BCUT2D eigenvalue weighted by atomic mass is 9.83. The number of nitrogens with zero attached hydrogens (tertiary/aromatic N) is 3. The zero-order chi connectivity index (χ0) is 21.1. The summed E-state index contributed by atoms with van der Waals surface area (Å²) in [5.41, 5.74) is 3.66. The van der Waals surface area contributed by atoms with Crippen LogP contribution in [-0.2, 0) is 33.4 Å². The molecule has 0 aromatic heterocycles. The molecule has 2 aromatic rings. The number of hydrazone groups is 1. The zero-order valence-corrected chi connectivity index (χ0v) is 17.9. The second-order valence-corrected chi connectivity index (χ2v) is 8.80. The molecule has 1 aliphatic heterocycles. The van der Waals surface area contributed by atoms with E-state index >= 15 is 0 Å². The van der Waals surface area contributed by atoms with Crippen molar-refractivity contribution in [3.05, 3.63) is 83.4 Å². The number of carbonyl (C=O) groups excluding carboxylic acids is 1. The van der Waals surface area contributed by atoms with E-state index in [-0.39, 0.29) is 18.4 Å². The molecule has 0 spiro atoms. The number of fused-ring (bicyclic) bond motifs is 1. The van der Waals surface area contributed by atoms with Gasteiger partial charge in [-0.2, -0.15) is 9.52 Å². The molecular weight excluding hydrogens is 398 g/mol. The van der Waals surface area contributed by atoms with Crippen molar-refractivity contribution in [2.45, 2.75) is 25.6 Å². The number of Topliss-reactive ketones (excluding diaryl/α,β-unsaturated/α-hetero) is 1. The van der Waals surface area contributed by atoms with E-state index in [1.165, 1.54) is 9.98 Å². The molecule has 30 heavy (non-hydrogen) atoms. The molecule has 2 aliphatic rings. The Labute approximate surface area is 179 Å². The molecule has 0 fully saturated rings. The van der Waals surface area contributed by atoms with Gasteiger partial charge in [0.1, 0.15) is 5.78 Å². The average Bonchev–Trinajstić information content (AvgIpc) is 3.14. The van der Waals surface area contributed by atoms with Crippen LogP contribution in [0.15, 0.2) is 71.9 Å². The Bertz CT molecular complexity index is 987. The van der Waals surface area contributed by atoms with Gasteiger partial charge in [0, 0.05) is 13.0 Å². The van der Waals surface area contributed by atoms with Gasteiger partial charge >= 0.3 is 0 Å². The van der Waals surface area contributed by atoms with Gasteiger partial charge in [-0.15, -0.1) is 0 Å². The molecule has 0 amide bonds. The van der Waals surface area contributed by atoms with Crippen LogP contribution in [0.1, 0.15) is 23.1 Å². The molecule has 0 saturated heterocycles. The largest absolute Gasteiger partial charge is 0.305 e. The lowest BCUT2D eigenvalue weighted by molar-refractivity contribution is -0.120. The van der Waals surface area contributed by atoms with Crippen molar-refractivity contribution < 1.29 is 13.2 Å². The molecule has 0 bridgehead atoms. The van der Waals surface area contributed by atoms with Crippen molar-refractivity contribution in [3.63, 3.8) is 0 Å². The van der Waals surface area contributed by atoms with Crippen molar-refractivity contribution >= 4 is 22.8 Å². The summed E-state index contributed by atoms with van der Waals surface area (Å²) >= 11 is -1.80. The second kappa shape index (κ2) is 9.04. The van der Waals surface area contributed by atoms with Gasteiger partial charge in [0.25, 0.3) is 11.3 Å². The third kappa shape index (κ3) is 4.43. The molecule has 7 heteroatoms. The number of rotatable bonds is 7. The molecule has 0 saturated carbocycles.